The van der Waals surface area contributed by atoms with E-state index >= 15 is 0 Å². The first-order valence-corrected chi connectivity index (χ1v) is 7.52. The SMILES string of the molecule is CC(C)CC(CN)CC(=O)N[C@@H](C)C1CCCC1. The second-order valence-corrected chi connectivity index (χ2v) is 6.34. The number of amides is 1. The lowest BCUT2D eigenvalue weighted by molar-refractivity contribution is -0.123. The molecule has 0 spiro atoms. The minimum atomic E-state index is 0.186. The first-order valence-electron chi connectivity index (χ1n) is 7.52. The Morgan fingerprint density at radius 1 is 1.28 bits per heavy atom. The van der Waals surface area contributed by atoms with E-state index in [-0.39, 0.29) is 5.91 Å². The van der Waals surface area contributed by atoms with Gasteiger partial charge in [-0.15, -0.1) is 0 Å². The average molecular weight is 254 g/mol. The predicted molar refractivity (Wildman–Crippen MR) is 76.2 cm³/mol. The molecule has 1 unspecified atom stereocenters. The molecule has 0 aromatic heterocycles. The van der Waals surface area contributed by atoms with E-state index in [0.717, 1.165) is 6.42 Å². The van der Waals surface area contributed by atoms with E-state index in [1.807, 2.05) is 0 Å². The summed E-state index contributed by atoms with van der Waals surface area (Å²) < 4.78 is 0. The summed E-state index contributed by atoms with van der Waals surface area (Å²) in [7, 11) is 0. The Labute approximate surface area is 112 Å². The summed E-state index contributed by atoms with van der Waals surface area (Å²) in [6, 6.07) is 0.331. The normalized spacial score (nSPS) is 20.1. The van der Waals surface area contributed by atoms with Crippen LogP contribution in [0.2, 0.25) is 0 Å². The van der Waals surface area contributed by atoms with Crippen LogP contribution < -0.4 is 11.1 Å². The first kappa shape index (κ1) is 15.5. The van der Waals surface area contributed by atoms with Crippen molar-refractivity contribution >= 4 is 5.91 Å². The summed E-state index contributed by atoms with van der Waals surface area (Å²) in [5.41, 5.74) is 5.74. The highest BCUT2D eigenvalue weighted by Gasteiger charge is 2.23. The molecule has 0 aliphatic heterocycles. The van der Waals surface area contributed by atoms with Crippen molar-refractivity contribution in [2.24, 2.45) is 23.5 Å². The second-order valence-electron chi connectivity index (χ2n) is 6.34. The molecule has 18 heavy (non-hydrogen) atoms. The van der Waals surface area contributed by atoms with Gasteiger partial charge in [-0.25, -0.2) is 0 Å². The lowest BCUT2D eigenvalue weighted by Crippen LogP contribution is -2.38. The van der Waals surface area contributed by atoms with Crippen molar-refractivity contribution in [2.75, 3.05) is 6.54 Å². The molecule has 0 radical (unpaired) electrons. The summed E-state index contributed by atoms with van der Waals surface area (Å²) in [5.74, 6) is 1.82. The second kappa shape index (κ2) is 7.78. The third kappa shape index (κ3) is 5.38. The van der Waals surface area contributed by atoms with Crippen molar-refractivity contribution in [1.29, 1.82) is 0 Å². The number of carbonyl (C=O) groups is 1. The van der Waals surface area contributed by atoms with Crippen LogP contribution in [-0.4, -0.2) is 18.5 Å². The molecule has 3 heteroatoms. The van der Waals surface area contributed by atoms with E-state index < -0.39 is 0 Å². The maximum Gasteiger partial charge on any atom is 0.220 e. The third-order valence-electron chi connectivity index (χ3n) is 4.11. The summed E-state index contributed by atoms with van der Waals surface area (Å²) in [5, 5.41) is 3.17. The fraction of sp³-hybridized carbons (Fsp3) is 0.933. The summed E-state index contributed by atoms with van der Waals surface area (Å²) in [6.45, 7) is 7.13. The first-order chi connectivity index (χ1) is 8.52. The van der Waals surface area contributed by atoms with E-state index in [1.165, 1.54) is 25.7 Å². The smallest absolute Gasteiger partial charge is 0.220 e. The van der Waals surface area contributed by atoms with E-state index in [1.54, 1.807) is 0 Å². The van der Waals surface area contributed by atoms with E-state index in [9.17, 15) is 4.79 Å². The van der Waals surface area contributed by atoms with Crippen LogP contribution in [0, 0.1) is 17.8 Å². The maximum atomic E-state index is 12.0. The van der Waals surface area contributed by atoms with E-state index in [0.29, 0.717) is 36.8 Å². The molecule has 106 valence electrons. The third-order valence-corrected chi connectivity index (χ3v) is 4.11. The van der Waals surface area contributed by atoms with Gasteiger partial charge in [0.1, 0.15) is 0 Å². The lowest BCUT2D eigenvalue weighted by atomic mass is 9.93. The number of hydrogen-bond donors (Lipinski definition) is 2. The average Bonchev–Trinajstić information content (AvgIpc) is 2.80. The molecule has 2 atom stereocenters. The van der Waals surface area contributed by atoms with Gasteiger partial charge >= 0.3 is 0 Å². The minimum Gasteiger partial charge on any atom is -0.353 e. The molecule has 1 saturated carbocycles. The Hall–Kier alpha value is -0.570. The number of rotatable bonds is 7. The maximum absolute atomic E-state index is 12.0. The van der Waals surface area contributed by atoms with E-state index in [4.69, 9.17) is 5.73 Å². The van der Waals surface area contributed by atoms with Crippen LogP contribution in [0.5, 0.6) is 0 Å². The monoisotopic (exact) mass is 254 g/mol. The number of hydrogen-bond acceptors (Lipinski definition) is 2. The Bertz CT molecular complexity index is 241. The molecule has 1 aliphatic carbocycles. The van der Waals surface area contributed by atoms with Crippen LogP contribution in [0.25, 0.3) is 0 Å². The summed E-state index contributed by atoms with van der Waals surface area (Å²) >= 11 is 0. The molecular weight excluding hydrogens is 224 g/mol. The van der Waals surface area contributed by atoms with Crippen LogP contribution in [0.15, 0.2) is 0 Å². The van der Waals surface area contributed by atoms with Gasteiger partial charge in [0, 0.05) is 12.5 Å². The van der Waals surface area contributed by atoms with Gasteiger partial charge in [0.25, 0.3) is 0 Å². The molecule has 1 amide bonds. The number of nitrogens with two attached hydrogens (primary N) is 1. The molecule has 1 rings (SSSR count). The Kier molecular flexibility index (Phi) is 6.69. The van der Waals surface area contributed by atoms with Gasteiger partial charge < -0.3 is 11.1 Å². The number of nitrogens with one attached hydrogen (secondary N) is 1. The zero-order valence-corrected chi connectivity index (χ0v) is 12.2. The Morgan fingerprint density at radius 2 is 1.89 bits per heavy atom. The molecule has 1 fully saturated rings. The van der Waals surface area contributed by atoms with Gasteiger partial charge in [0.05, 0.1) is 0 Å². The number of carbonyl (C=O) groups excluding carboxylic acids is 1. The highest BCUT2D eigenvalue weighted by Crippen LogP contribution is 2.27. The highest BCUT2D eigenvalue weighted by molar-refractivity contribution is 5.76. The molecule has 0 bridgehead atoms. The fourth-order valence-electron chi connectivity index (χ4n) is 3.08. The van der Waals surface area contributed by atoms with Crippen molar-refractivity contribution in [2.45, 2.75) is 65.3 Å². The molecule has 1 aliphatic rings. The standard InChI is InChI=1S/C15H30N2O/c1-11(2)8-13(10-16)9-15(18)17-12(3)14-6-4-5-7-14/h11-14H,4-10,16H2,1-3H3,(H,17,18)/t12-,13?/m0/s1. The zero-order chi connectivity index (χ0) is 13.5. The zero-order valence-electron chi connectivity index (χ0n) is 12.2. The molecular formula is C15H30N2O. The Balaban J connectivity index is 2.30. The van der Waals surface area contributed by atoms with Crippen molar-refractivity contribution in [3.8, 4) is 0 Å². The van der Waals surface area contributed by atoms with Crippen LogP contribution in [0.4, 0.5) is 0 Å². The van der Waals surface area contributed by atoms with Gasteiger partial charge in [0.15, 0.2) is 0 Å². The van der Waals surface area contributed by atoms with Crippen molar-refractivity contribution in [1.82, 2.24) is 5.32 Å². The van der Waals surface area contributed by atoms with Crippen molar-refractivity contribution in [3.05, 3.63) is 0 Å². The minimum absolute atomic E-state index is 0.186. The van der Waals surface area contributed by atoms with Gasteiger partial charge in [-0.2, -0.15) is 0 Å². The molecule has 3 nitrogen and oxygen atoms in total. The van der Waals surface area contributed by atoms with Crippen LogP contribution in [-0.2, 0) is 4.79 Å². The fourth-order valence-corrected chi connectivity index (χ4v) is 3.08. The predicted octanol–water partition coefficient (Wildman–Crippen LogP) is 2.69. The topological polar surface area (TPSA) is 55.1 Å². The van der Waals surface area contributed by atoms with Crippen molar-refractivity contribution < 1.29 is 4.79 Å². The lowest BCUT2D eigenvalue weighted by Gasteiger charge is -2.22. The van der Waals surface area contributed by atoms with Gasteiger partial charge in [-0.05, 0) is 50.5 Å². The molecule has 0 aromatic carbocycles. The molecule has 0 saturated heterocycles. The largest absolute Gasteiger partial charge is 0.353 e. The van der Waals surface area contributed by atoms with Gasteiger partial charge in [-0.1, -0.05) is 26.7 Å². The molecule has 0 heterocycles. The highest BCUT2D eigenvalue weighted by atomic mass is 16.1. The summed E-state index contributed by atoms with van der Waals surface area (Å²) in [6.07, 6.45) is 6.82. The van der Waals surface area contributed by atoms with Gasteiger partial charge in [0.2, 0.25) is 5.91 Å². The van der Waals surface area contributed by atoms with Crippen LogP contribution in [0.1, 0.15) is 59.3 Å². The van der Waals surface area contributed by atoms with Crippen molar-refractivity contribution in [3.63, 3.8) is 0 Å². The quantitative estimate of drug-likeness (QED) is 0.734. The van der Waals surface area contributed by atoms with Crippen LogP contribution in [0.3, 0.4) is 0 Å². The molecule has 3 N–H and O–H groups in total. The van der Waals surface area contributed by atoms with Gasteiger partial charge in [-0.3, -0.25) is 4.79 Å². The Morgan fingerprint density at radius 3 is 2.39 bits per heavy atom. The van der Waals surface area contributed by atoms with Crippen LogP contribution >= 0.6 is 0 Å². The molecule has 0 aromatic rings. The summed E-state index contributed by atoms with van der Waals surface area (Å²) in [4.78, 5) is 12.0. The van der Waals surface area contributed by atoms with E-state index in [2.05, 4.69) is 26.1 Å².